The molecule has 1 fully saturated rings. The standard InChI is InChI=1S/C15H24/c1-11(2)14-6-5-13(4)15(14)9-7-12(3)8-10-15/h7,13H,5-6,8-10H2,1-4H3. The molecule has 0 heterocycles. The smallest absolute Gasteiger partial charge is 0.00223 e. The van der Waals surface area contributed by atoms with Crippen LogP contribution in [0.15, 0.2) is 22.8 Å². The Labute approximate surface area is 94.5 Å². The van der Waals surface area contributed by atoms with E-state index in [1.54, 1.807) is 16.7 Å². The molecule has 2 rings (SSSR count). The first-order chi connectivity index (χ1) is 7.06. The first kappa shape index (κ1) is 11.0. The van der Waals surface area contributed by atoms with Gasteiger partial charge in [-0.3, -0.25) is 0 Å². The highest BCUT2D eigenvalue weighted by Crippen LogP contribution is 2.56. The number of rotatable bonds is 0. The van der Waals surface area contributed by atoms with Crippen LogP contribution < -0.4 is 0 Å². The number of allylic oxidation sites excluding steroid dienone is 4. The van der Waals surface area contributed by atoms with Crippen LogP contribution in [0.3, 0.4) is 0 Å². The second-order valence-electron chi connectivity index (χ2n) is 5.83. The normalized spacial score (nSPS) is 35.9. The molecule has 0 saturated heterocycles. The van der Waals surface area contributed by atoms with E-state index in [-0.39, 0.29) is 0 Å². The van der Waals surface area contributed by atoms with Gasteiger partial charge in [-0.05, 0) is 64.2 Å². The lowest BCUT2D eigenvalue weighted by molar-refractivity contribution is 0.235. The van der Waals surface area contributed by atoms with Crippen molar-refractivity contribution in [2.75, 3.05) is 0 Å². The summed E-state index contributed by atoms with van der Waals surface area (Å²) < 4.78 is 0. The van der Waals surface area contributed by atoms with Crippen LogP contribution in [0, 0.1) is 11.3 Å². The fraction of sp³-hybridized carbons (Fsp3) is 0.733. The van der Waals surface area contributed by atoms with Gasteiger partial charge in [0.05, 0.1) is 0 Å². The van der Waals surface area contributed by atoms with Gasteiger partial charge in [0, 0.05) is 0 Å². The monoisotopic (exact) mass is 204 g/mol. The van der Waals surface area contributed by atoms with E-state index in [2.05, 4.69) is 33.8 Å². The lowest BCUT2D eigenvalue weighted by Gasteiger charge is -2.38. The molecule has 2 aliphatic rings. The second kappa shape index (κ2) is 3.81. The molecule has 84 valence electrons. The summed E-state index contributed by atoms with van der Waals surface area (Å²) >= 11 is 0. The molecule has 1 saturated carbocycles. The molecule has 0 aliphatic heterocycles. The van der Waals surface area contributed by atoms with Crippen LogP contribution in [-0.2, 0) is 0 Å². The van der Waals surface area contributed by atoms with Crippen LogP contribution in [0.2, 0.25) is 0 Å². The summed E-state index contributed by atoms with van der Waals surface area (Å²) in [6.45, 7) is 9.36. The summed E-state index contributed by atoms with van der Waals surface area (Å²) in [6, 6.07) is 0. The lowest BCUT2D eigenvalue weighted by Crippen LogP contribution is -2.28. The van der Waals surface area contributed by atoms with E-state index >= 15 is 0 Å². The predicted octanol–water partition coefficient (Wildman–Crippen LogP) is 4.87. The van der Waals surface area contributed by atoms with Crippen molar-refractivity contribution in [2.45, 2.75) is 59.8 Å². The molecule has 0 heteroatoms. The van der Waals surface area contributed by atoms with Crippen LogP contribution >= 0.6 is 0 Å². The van der Waals surface area contributed by atoms with Crippen molar-refractivity contribution >= 4 is 0 Å². The summed E-state index contributed by atoms with van der Waals surface area (Å²) in [5.74, 6) is 0.895. The predicted molar refractivity (Wildman–Crippen MR) is 66.8 cm³/mol. The molecule has 0 aromatic rings. The Morgan fingerprint density at radius 2 is 2.07 bits per heavy atom. The molecular weight excluding hydrogens is 180 g/mol. The molecule has 0 N–H and O–H groups in total. The van der Waals surface area contributed by atoms with Gasteiger partial charge in [-0.25, -0.2) is 0 Å². The average molecular weight is 204 g/mol. The van der Waals surface area contributed by atoms with Gasteiger partial charge in [0.1, 0.15) is 0 Å². The van der Waals surface area contributed by atoms with Crippen molar-refractivity contribution in [3.63, 3.8) is 0 Å². The van der Waals surface area contributed by atoms with Crippen molar-refractivity contribution in [1.82, 2.24) is 0 Å². The minimum absolute atomic E-state index is 0.554. The Hall–Kier alpha value is -0.520. The van der Waals surface area contributed by atoms with Gasteiger partial charge in [-0.2, -0.15) is 0 Å². The largest absolute Gasteiger partial charge is 0.0847 e. The highest BCUT2D eigenvalue weighted by molar-refractivity contribution is 5.29. The summed E-state index contributed by atoms with van der Waals surface area (Å²) in [6.07, 6.45) is 9.29. The molecule has 0 aromatic heterocycles. The number of hydrogen-bond acceptors (Lipinski definition) is 0. The lowest BCUT2D eigenvalue weighted by atomic mass is 9.66. The zero-order valence-electron chi connectivity index (χ0n) is 10.7. The molecule has 2 aliphatic carbocycles. The van der Waals surface area contributed by atoms with Gasteiger partial charge < -0.3 is 0 Å². The molecule has 15 heavy (non-hydrogen) atoms. The first-order valence-electron chi connectivity index (χ1n) is 6.39. The fourth-order valence-corrected chi connectivity index (χ4v) is 3.63. The molecular formula is C15H24. The Kier molecular flexibility index (Phi) is 2.79. The Bertz CT molecular complexity index is 315. The van der Waals surface area contributed by atoms with Gasteiger partial charge in [0.15, 0.2) is 0 Å². The van der Waals surface area contributed by atoms with E-state index in [9.17, 15) is 0 Å². The summed E-state index contributed by atoms with van der Waals surface area (Å²) in [5.41, 5.74) is 5.54. The summed E-state index contributed by atoms with van der Waals surface area (Å²) in [7, 11) is 0. The van der Waals surface area contributed by atoms with Crippen LogP contribution in [-0.4, -0.2) is 0 Å². The Balaban J connectivity index is 2.36. The number of hydrogen-bond donors (Lipinski definition) is 0. The first-order valence-corrected chi connectivity index (χ1v) is 6.39. The van der Waals surface area contributed by atoms with E-state index in [0.717, 1.165) is 5.92 Å². The summed E-state index contributed by atoms with van der Waals surface area (Å²) in [5, 5.41) is 0. The van der Waals surface area contributed by atoms with Crippen LogP contribution in [0.1, 0.15) is 59.8 Å². The SMILES string of the molecule is CC1=CCC2(CC1)C(=C(C)C)CCC2C. The third-order valence-corrected chi connectivity index (χ3v) is 4.76. The van der Waals surface area contributed by atoms with E-state index in [1.807, 2.05) is 0 Å². The van der Waals surface area contributed by atoms with E-state index < -0.39 is 0 Å². The maximum atomic E-state index is 2.49. The minimum Gasteiger partial charge on any atom is -0.0847 e. The van der Waals surface area contributed by atoms with Gasteiger partial charge in [0.2, 0.25) is 0 Å². The fourth-order valence-electron chi connectivity index (χ4n) is 3.63. The summed E-state index contributed by atoms with van der Waals surface area (Å²) in [4.78, 5) is 0. The zero-order chi connectivity index (χ0) is 11.1. The topological polar surface area (TPSA) is 0 Å². The molecule has 2 atom stereocenters. The van der Waals surface area contributed by atoms with Crippen molar-refractivity contribution in [2.24, 2.45) is 11.3 Å². The third kappa shape index (κ3) is 1.68. The maximum absolute atomic E-state index is 2.49. The third-order valence-electron chi connectivity index (χ3n) is 4.76. The molecule has 0 nitrogen and oxygen atoms in total. The zero-order valence-corrected chi connectivity index (χ0v) is 10.7. The highest BCUT2D eigenvalue weighted by Gasteiger charge is 2.44. The Morgan fingerprint density at radius 1 is 1.33 bits per heavy atom. The molecule has 0 amide bonds. The molecule has 1 spiro atoms. The van der Waals surface area contributed by atoms with Gasteiger partial charge in [-0.15, -0.1) is 0 Å². The Morgan fingerprint density at radius 3 is 2.60 bits per heavy atom. The van der Waals surface area contributed by atoms with Crippen molar-refractivity contribution in [3.8, 4) is 0 Å². The van der Waals surface area contributed by atoms with Crippen LogP contribution in [0.5, 0.6) is 0 Å². The van der Waals surface area contributed by atoms with Crippen molar-refractivity contribution < 1.29 is 0 Å². The highest BCUT2D eigenvalue weighted by atomic mass is 14.5. The minimum atomic E-state index is 0.554. The molecule has 0 aromatic carbocycles. The average Bonchev–Trinajstić information content (AvgIpc) is 2.50. The quantitative estimate of drug-likeness (QED) is 0.494. The van der Waals surface area contributed by atoms with E-state index in [4.69, 9.17) is 0 Å². The molecule has 0 bridgehead atoms. The van der Waals surface area contributed by atoms with Crippen molar-refractivity contribution in [1.29, 1.82) is 0 Å². The van der Waals surface area contributed by atoms with Gasteiger partial charge >= 0.3 is 0 Å². The van der Waals surface area contributed by atoms with Crippen LogP contribution in [0.4, 0.5) is 0 Å². The second-order valence-corrected chi connectivity index (χ2v) is 5.83. The van der Waals surface area contributed by atoms with Crippen LogP contribution in [0.25, 0.3) is 0 Å². The molecule has 0 radical (unpaired) electrons. The van der Waals surface area contributed by atoms with Crippen molar-refractivity contribution in [3.05, 3.63) is 22.8 Å². The van der Waals surface area contributed by atoms with Gasteiger partial charge in [0.25, 0.3) is 0 Å². The van der Waals surface area contributed by atoms with E-state index in [1.165, 1.54) is 32.1 Å². The van der Waals surface area contributed by atoms with E-state index in [0.29, 0.717) is 5.41 Å². The van der Waals surface area contributed by atoms with Gasteiger partial charge in [-0.1, -0.05) is 29.7 Å². The maximum Gasteiger partial charge on any atom is -0.00223 e. The molecule has 2 unspecified atom stereocenters.